The first-order valence-electron chi connectivity index (χ1n) is 7.87. The van der Waals surface area contributed by atoms with Crippen LogP contribution in [0, 0.1) is 5.82 Å². The summed E-state index contributed by atoms with van der Waals surface area (Å²) >= 11 is 0. The molecule has 0 aromatic heterocycles. The first-order valence-corrected chi connectivity index (χ1v) is 7.87. The van der Waals surface area contributed by atoms with Crippen LogP contribution in [0.2, 0.25) is 0 Å². The van der Waals surface area contributed by atoms with Crippen molar-refractivity contribution < 1.29 is 22.7 Å². The van der Waals surface area contributed by atoms with Gasteiger partial charge in [0, 0.05) is 18.8 Å². The molecule has 1 saturated heterocycles. The molecule has 0 saturated carbocycles. The summed E-state index contributed by atoms with van der Waals surface area (Å²) in [5.74, 6) is -0.609. The maximum Gasteiger partial charge on any atom is 0.345 e. The Morgan fingerprint density at radius 1 is 1.16 bits per heavy atom. The Balaban J connectivity index is 1.74. The van der Waals surface area contributed by atoms with E-state index in [0.29, 0.717) is 29.9 Å². The van der Waals surface area contributed by atoms with Gasteiger partial charge in [0.15, 0.2) is 0 Å². The number of amides is 1. The number of hydrogen-bond acceptors (Lipinski definition) is 3. The van der Waals surface area contributed by atoms with Crippen molar-refractivity contribution in [2.75, 3.05) is 18.4 Å². The molecule has 2 aromatic carbocycles. The number of alkyl halides is 2. The highest BCUT2D eigenvalue weighted by molar-refractivity contribution is 6.00. The summed E-state index contributed by atoms with van der Waals surface area (Å²) in [7, 11) is 0. The van der Waals surface area contributed by atoms with Crippen LogP contribution in [0.4, 0.5) is 24.5 Å². The zero-order valence-electron chi connectivity index (χ0n) is 13.3. The first kappa shape index (κ1) is 17.3. The number of nitrogens with zero attached hydrogens (tertiary/aromatic N) is 1. The minimum absolute atomic E-state index is 0.133. The molecular formula is C18H17F3N2O2. The molecule has 0 bridgehead atoms. The number of anilines is 2. The highest BCUT2D eigenvalue weighted by Crippen LogP contribution is 2.25. The smallest absolute Gasteiger partial charge is 0.345 e. The molecule has 1 fully saturated rings. The van der Waals surface area contributed by atoms with Gasteiger partial charge in [-0.2, -0.15) is 8.78 Å². The van der Waals surface area contributed by atoms with E-state index >= 15 is 0 Å². The van der Waals surface area contributed by atoms with E-state index in [9.17, 15) is 18.0 Å². The van der Waals surface area contributed by atoms with E-state index in [0.717, 1.165) is 0 Å². The highest BCUT2D eigenvalue weighted by Gasteiger charge is 2.30. The number of para-hydroxylation sites is 1. The Hall–Kier alpha value is -2.54. The number of ether oxygens (including phenoxy) is 1. The zero-order valence-corrected chi connectivity index (χ0v) is 13.3. The quantitative estimate of drug-likeness (QED) is 0.885. The predicted molar refractivity (Wildman–Crippen MR) is 87.5 cm³/mol. The van der Waals surface area contributed by atoms with Crippen molar-refractivity contribution in [1.82, 2.24) is 4.90 Å². The molecule has 0 spiro atoms. The SMILES string of the molecule is O=C(c1ccccc1Nc1ccc(F)cc1)N1CC[C@H](OC(F)F)C1. The summed E-state index contributed by atoms with van der Waals surface area (Å²) in [6, 6.07) is 12.7. The fourth-order valence-corrected chi connectivity index (χ4v) is 2.81. The largest absolute Gasteiger partial charge is 0.355 e. The van der Waals surface area contributed by atoms with Crippen LogP contribution in [0.3, 0.4) is 0 Å². The number of hydrogen-bond donors (Lipinski definition) is 1. The standard InChI is InChI=1S/C18H17F3N2O2/c19-12-5-7-13(8-6-12)22-16-4-2-1-3-15(16)17(24)23-10-9-14(11-23)25-18(20)21/h1-8,14,18,22H,9-11H2/t14-/m0/s1. The Kier molecular flexibility index (Phi) is 5.23. The van der Waals surface area contributed by atoms with E-state index in [2.05, 4.69) is 10.1 Å². The number of nitrogens with one attached hydrogen (secondary N) is 1. The predicted octanol–water partition coefficient (Wildman–Crippen LogP) is 4.02. The van der Waals surface area contributed by atoms with Crippen molar-refractivity contribution in [2.24, 2.45) is 0 Å². The third kappa shape index (κ3) is 4.30. The number of rotatable bonds is 5. The van der Waals surface area contributed by atoms with E-state index in [1.807, 2.05) is 0 Å². The van der Waals surface area contributed by atoms with Crippen molar-refractivity contribution in [3.63, 3.8) is 0 Å². The molecule has 1 amide bonds. The lowest BCUT2D eigenvalue weighted by Gasteiger charge is -2.19. The molecule has 3 rings (SSSR count). The molecule has 4 nitrogen and oxygen atoms in total. The van der Waals surface area contributed by atoms with Crippen molar-refractivity contribution in [3.05, 3.63) is 59.9 Å². The summed E-state index contributed by atoms with van der Waals surface area (Å²) < 4.78 is 42.1. The van der Waals surface area contributed by atoms with Crippen LogP contribution in [0.5, 0.6) is 0 Å². The van der Waals surface area contributed by atoms with Crippen LogP contribution in [0.15, 0.2) is 48.5 Å². The Morgan fingerprint density at radius 2 is 1.88 bits per heavy atom. The van der Waals surface area contributed by atoms with Gasteiger partial charge in [0.05, 0.1) is 17.4 Å². The van der Waals surface area contributed by atoms with Gasteiger partial charge >= 0.3 is 6.61 Å². The number of benzene rings is 2. The summed E-state index contributed by atoms with van der Waals surface area (Å²) in [6.07, 6.45) is -0.273. The molecule has 2 aromatic rings. The van der Waals surface area contributed by atoms with Crippen LogP contribution < -0.4 is 5.32 Å². The molecule has 0 aliphatic carbocycles. The van der Waals surface area contributed by atoms with Crippen LogP contribution >= 0.6 is 0 Å². The van der Waals surface area contributed by atoms with E-state index in [1.165, 1.54) is 17.0 Å². The monoisotopic (exact) mass is 350 g/mol. The van der Waals surface area contributed by atoms with Crippen molar-refractivity contribution >= 4 is 17.3 Å². The van der Waals surface area contributed by atoms with E-state index in [-0.39, 0.29) is 18.3 Å². The summed E-state index contributed by atoms with van der Waals surface area (Å²) in [4.78, 5) is 14.2. The fourth-order valence-electron chi connectivity index (χ4n) is 2.81. The van der Waals surface area contributed by atoms with Gasteiger partial charge in [0.25, 0.3) is 5.91 Å². The van der Waals surface area contributed by atoms with Crippen LogP contribution in [0.25, 0.3) is 0 Å². The van der Waals surface area contributed by atoms with Crippen LogP contribution in [0.1, 0.15) is 16.8 Å². The van der Waals surface area contributed by atoms with Crippen molar-refractivity contribution in [3.8, 4) is 0 Å². The molecule has 132 valence electrons. The second-order valence-electron chi connectivity index (χ2n) is 5.74. The molecule has 1 N–H and O–H groups in total. The van der Waals surface area contributed by atoms with Gasteiger partial charge in [0.2, 0.25) is 0 Å². The number of carbonyl (C=O) groups is 1. The molecule has 0 radical (unpaired) electrons. The maximum atomic E-state index is 13.0. The normalized spacial score (nSPS) is 17.1. The lowest BCUT2D eigenvalue weighted by Crippen LogP contribution is -2.31. The van der Waals surface area contributed by atoms with E-state index in [1.54, 1.807) is 36.4 Å². The average Bonchev–Trinajstić information content (AvgIpc) is 3.04. The summed E-state index contributed by atoms with van der Waals surface area (Å²) in [5.41, 5.74) is 1.63. The van der Waals surface area contributed by atoms with Gasteiger partial charge in [-0.3, -0.25) is 4.79 Å². The Labute approximate surface area is 143 Å². The lowest BCUT2D eigenvalue weighted by molar-refractivity contribution is -0.158. The molecule has 7 heteroatoms. The van der Waals surface area contributed by atoms with Crippen LogP contribution in [-0.4, -0.2) is 36.6 Å². The maximum absolute atomic E-state index is 13.0. The second kappa shape index (κ2) is 7.57. The molecule has 1 heterocycles. The highest BCUT2D eigenvalue weighted by atomic mass is 19.3. The fraction of sp³-hybridized carbons (Fsp3) is 0.278. The second-order valence-corrected chi connectivity index (χ2v) is 5.74. The topological polar surface area (TPSA) is 41.6 Å². The lowest BCUT2D eigenvalue weighted by atomic mass is 10.1. The number of likely N-dealkylation sites (tertiary alicyclic amines) is 1. The van der Waals surface area contributed by atoms with E-state index in [4.69, 9.17) is 0 Å². The van der Waals surface area contributed by atoms with E-state index < -0.39 is 12.7 Å². The molecular weight excluding hydrogens is 333 g/mol. The molecule has 1 aliphatic rings. The van der Waals surface area contributed by atoms with Crippen molar-refractivity contribution in [1.29, 1.82) is 0 Å². The van der Waals surface area contributed by atoms with Gasteiger partial charge in [-0.25, -0.2) is 4.39 Å². The minimum Gasteiger partial charge on any atom is -0.355 e. The minimum atomic E-state index is -2.84. The third-order valence-corrected chi connectivity index (χ3v) is 4.01. The molecule has 1 aliphatic heterocycles. The molecule has 0 unspecified atom stereocenters. The average molecular weight is 350 g/mol. The Morgan fingerprint density at radius 3 is 2.60 bits per heavy atom. The third-order valence-electron chi connectivity index (χ3n) is 4.01. The van der Waals surface area contributed by atoms with Crippen molar-refractivity contribution in [2.45, 2.75) is 19.1 Å². The van der Waals surface area contributed by atoms with Gasteiger partial charge < -0.3 is 15.0 Å². The van der Waals surface area contributed by atoms with Gasteiger partial charge in [-0.1, -0.05) is 12.1 Å². The first-order chi connectivity index (χ1) is 12.0. The van der Waals surface area contributed by atoms with Gasteiger partial charge in [-0.05, 0) is 42.8 Å². The summed E-state index contributed by atoms with van der Waals surface area (Å²) in [6.45, 7) is -2.35. The molecule has 25 heavy (non-hydrogen) atoms. The molecule has 1 atom stereocenters. The summed E-state index contributed by atoms with van der Waals surface area (Å²) in [5, 5.41) is 3.08. The van der Waals surface area contributed by atoms with Gasteiger partial charge in [0.1, 0.15) is 5.82 Å². The van der Waals surface area contributed by atoms with Crippen LogP contribution in [-0.2, 0) is 4.74 Å². The number of halogens is 3. The Bertz CT molecular complexity index is 737. The zero-order chi connectivity index (χ0) is 17.8. The number of carbonyl (C=O) groups excluding carboxylic acids is 1. The van der Waals surface area contributed by atoms with Gasteiger partial charge in [-0.15, -0.1) is 0 Å².